The molecule has 2 amide bonds. The number of aromatic nitrogens is 2. The molecule has 190 valence electrons. The monoisotopic (exact) mass is 494 g/mol. The Labute approximate surface area is 209 Å². The molecule has 1 aliphatic carbocycles. The van der Waals surface area contributed by atoms with Gasteiger partial charge >= 0.3 is 0 Å². The van der Waals surface area contributed by atoms with Gasteiger partial charge in [0, 0.05) is 55.1 Å². The molecule has 0 bridgehead atoms. The fourth-order valence-corrected chi connectivity index (χ4v) is 4.82. The standard InChI is InChI=1S/C27H31FN4O4/c1-15-24(27(34)31-18-7-10-32(11-8-18)16(2)33)26-25(30-15)19(6-9-29-26)20-12-21(28)23(35-3)13-22(20)36-14-17-4-5-17/h6,9,12-13,17-18,30H,4-5,7-8,10-11,14H2,1-3H3,(H,31,34). The SMILES string of the molecule is COc1cc(OCC2CC2)c(-c2ccnc3c(C(=O)NC4CCN(C(C)=O)CC4)c(C)[nH]c23)cc1F. The first-order valence-electron chi connectivity index (χ1n) is 12.4. The number of aryl methyl sites for hydroxylation is 1. The average Bonchev–Trinajstić information content (AvgIpc) is 3.62. The third kappa shape index (κ3) is 4.74. The van der Waals surface area contributed by atoms with Crippen molar-refractivity contribution < 1.29 is 23.5 Å². The molecule has 0 unspecified atom stereocenters. The summed E-state index contributed by atoms with van der Waals surface area (Å²) in [7, 11) is 1.43. The van der Waals surface area contributed by atoms with E-state index in [1.54, 1.807) is 30.2 Å². The number of H-pyrrole nitrogens is 1. The number of likely N-dealkylation sites (tertiary alicyclic amines) is 1. The summed E-state index contributed by atoms with van der Waals surface area (Å²) < 4.78 is 26.1. The summed E-state index contributed by atoms with van der Waals surface area (Å²) in [6.45, 7) is 5.21. The smallest absolute Gasteiger partial charge is 0.255 e. The predicted molar refractivity (Wildman–Crippen MR) is 134 cm³/mol. The molecule has 1 aromatic carbocycles. The number of fused-ring (bicyclic) bond motifs is 1. The molecule has 9 heteroatoms. The van der Waals surface area contributed by atoms with Crippen LogP contribution in [0.3, 0.4) is 0 Å². The van der Waals surface area contributed by atoms with Crippen LogP contribution in [0.1, 0.15) is 48.7 Å². The second kappa shape index (κ2) is 9.79. The number of piperidine rings is 1. The summed E-state index contributed by atoms with van der Waals surface area (Å²) in [4.78, 5) is 34.5. The van der Waals surface area contributed by atoms with Crippen molar-refractivity contribution in [2.45, 2.75) is 45.6 Å². The molecule has 3 heterocycles. The number of rotatable bonds is 7. The Morgan fingerprint density at radius 2 is 1.92 bits per heavy atom. The van der Waals surface area contributed by atoms with Crippen LogP contribution in [0.2, 0.25) is 0 Å². The van der Waals surface area contributed by atoms with Gasteiger partial charge in [-0.1, -0.05) is 0 Å². The van der Waals surface area contributed by atoms with Crippen LogP contribution >= 0.6 is 0 Å². The molecule has 3 aromatic rings. The number of methoxy groups -OCH3 is 1. The number of nitrogens with one attached hydrogen (secondary N) is 2. The average molecular weight is 495 g/mol. The van der Waals surface area contributed by atoms with Gasteiger partial charge in [-0.25, -0.2) is 4.39 Å². The molecule has 5 rings (SSSR count). The van der Waals surface area contributed by atoms with Crippen molar-refractivity contribution in [2.24, 2.45) is 5.92 Å². The molecule has 2 aromatic heterocycles. The van der Waals surface area contributed by atoms with E-state index in [2.05, 4.69) is 15.3 Å². The van der Waals surface area contributed by atoms with Crippen molar-refractivity contribution in [3.8, 4) is 22.6 Å². The lowest BCUT2D eigenvalue weighted by Crippen LogP contribution is -2.46. The Balaban J connectivity index is 1.46. The number of pyridine rings is 1. The number of amides is 2. The molecule has 0 atom stereocenters. The van der Waals surface area contributed by atoms with Gasteiger partial charge in [0.1, 0.15) is 11.3 Å². The highest BCUT2D eigenvalue weighted by Gasteiger charge is 2.27. The van der Waals surface area contributed by atoms with Gasteiger partial charge in [0.15, 0.2) is 11.6 Å². The number of hydrogen-bond donors (Lipinski definition) is 2. The number of aromatic amines is 1. The zero-order chi connectivity index (χ0) is 25.4. The van der Waals surface area contributed by atoms with E-state index in [0.717, 1.165) is 12.8 Å². The fourth-order valence-electron chi connectivity index (χ4n) is 4.82. The van der Waals surface area contributed by atoms with Gasteiger partial charge in [-0.3, -0.25) is 14.6 Å². The van der Waals surface area contributed by atoms with Crippen LogP contribution in [-0.2, 0) is 4.79 Å². The second-order valence-corrected chi connectivity index (χ2v) is 9.70. The normalized spacial score (nSPS) is 16.3. The predicted octanol–water partition coefficient (Wildman–Crippen LogP) is 4.22. The van der Waals surface area contributed by atoms with E-state index in [9.17, 15) is 14.0 Å². The lowest BCUT2D eigenvalue weighted by molar-refractivity contribution is -0.129. The zero-order valence-corrected chi connectivity index (χ0v) is 20.8. The van der Waals surface area contributed by atoms with Crippen LogP contribution in [0.4, 0.5) is 4.39 Å². The maximum Gasteiger partial charge on any atom is 0.255 e. The highest BCUT2D eigenvalue weighted by atomic mass is 19.1. The van der Waals surface area contributed by atoms with Gasteiger partial charge < -0.3 is 24.7 Å². The molecular formula is C27H31FN4O4. The van der Waals surface area contributed by atoms with Gasteiger partial charge in [-0.05, 0) is 50.7 Å². The lowest BCUT2D eigenvalue weighted by Gasteiger charge is -2.31. The number of ether oxygens (including phenoxy) is 2. The number of nitrogens with zero attached hydrogens (tertiary/aromatic N) is 2. The number of benzene rings is 1. The summed E-state index contributed by atoms with van der Waals surface area (Å²) in [5.41, 5.74) is 3.59. The van der Waals surface area contributed by atoms with Crippen LogP contribution in [0.5, 0.6) is 11.5 Å². The Bertz CT molecular complexity index is 1310. The van der Waals surface area contributed by atoms with E-state index in [0.29, 0.717) is 77.6 Å². The quantitative estimate of drug-likeness (QED) is 0.513. The van der Waals surface area contributed by atoms with Crippen LogP contribution in [0.15, 0.2) is 24.4 Å². The van der Waals surface area contributed by atoms with E-state index >= 15 is 0 Å². The van der Waals surface area contributed by atoms with E-state index in [4.69, 9.17) is 9.47 Å². The van der Waals surface area contributed by atoms with E-state index in [-0.39, 0.29) is 23.6 Å². The fraction of sp³-hybridized carbons (Fsp3) is 0.444. The van der Waals surface area contributed by atoms with Gasteiger partial charge in [-0.2, -0.15) is 0 Å². The Kier molecular flexibility index (Phi) is 6.55. The minimum Gasteiger partial charge on any atom is -0.494 e. The highest BCUT2D eigenvalue weighted by Crippen LogP contribution is 2.40. The maximum absolute atomic E-state index is 14.8. The van der Waals surface area contributed by atoms with Crippen molar-refractivity contribution >= 4 is 22.8 Å². The molecule has 8 nitrogen and oxygen atoms in total. The third-order valence-corrected chi connectivity index (χ3v) is 7.09. The van der Waals surface area contributed by atoms with Gasteiger partial charge in [-0.15, -0.1) is 0 Å². The van der Waals surface area contributed by atoms with Crippen LogP contribution in [0, 0.1) is 18.7 Å². The highest BCUT2D eigenvalue weighted by molar-refractivity contribution is 6.09. The van der Waals surface area contributed by atoms with Crippen molar-refractivity contribution in [3.63, 3.8) is 0 Å². The van der Waals surface area contributed by atoms with Crippen molar-refractivity contribution in [3.05, 3.63) is 41.5 Å². The minimum absolute atomic E-state index is 0.0151. The van der Waals surface area contributed by atoms with Gasteiger partial charge in [0.25, 0.3) is 5.91 Å². The summed E-state index contributed by atoms with van der Waals surface area (Å²) in [5, 5.41) is 3.11. The van der Waals surface area contributed by atoms with Crippen molar-refractivity contribution in [2.75, 3.05) is 26.8 Å². The molecule has 2 aliphatic rings. The molecule has 0 spiro atoms. The first-order valence-corrected chi connectivity index (χ1v) is 12.4. The topological polar surface area (TPSA) is 96.6 Å². The third-order valence-electron chi connectivity index (χ3n) is 7.09. The van der Waals surface area contributed by atoms with E-state index in [1.807, 2.05) is 6.92 Å². The molecule has 1 aliphatic heterocycles. The minimum atomic E-state index is -0.491. The number of carbonyl (C=O) groups excluding carboxylic acids is 2. The second-order valence-electron chi connectivity index (χ2n) is 9.70. The van der Waals surface area contributed by atoms with Crippen molar-refractivity contribution in [1.29, 1.82) is 0 Å². The van der Waals surface area contributed by atoms with Crippen LogP contribution in [-0.4, -0.2) is 59.5 Å². The first-order chi connectivity index (χ1) is 17.4. The molecule has 2 N–H and O–H groups in total. The molecule has 1 saturated carbocycles. The van der Waals surface area contributed by atoms with Gasteiger partial charge in [0.05, 0.1) is 24.8 Å². The number of carbonyl (C=O) groups is 2. The lowest BCUT2D eigenvalue weighted by atomic mass is 10.0. The number of hydrogen-bond acceptors (Lipinski definition) is 5. The van der Waals surface area contributed by atoms with Gasteiger partial charge in [0.2, 0.25) is 5.91 Å². The van der Waals surface area contributed by atoms with E-state index in [1.165, 1.54) is 13.2 Å². The summed E-state index contributed by atoms with van der Waals surface area (Å²) in [6, 6.07) is 4.77. The van der Waals surface area contributed by atoms with E-state index < -0.39 is 5.82 Å². The molecular weight excluding hydrogens is 463 g/mol. The molecule has 36 heavy (non-hydrogen) atoms. The Morgan fingerprint density at radius 1 is 1.17 bits per heavy atom. The Hall–Kier alpha value is -3.62. The van der Waals surface area contributed by atoms with Crippen LogP contribution in [0.25, 0.3) is 22.2 Å². The summed E-state index contributed by atoms with van der Waals surface area (Å²) in [5.74, 6) is 0.526. The van der Waals surface area contributed by atoms with Crippen LogP contribution < -0.4 is 14.8 Å². The molecule has 2 fully saturated rings. The largest absolute Gasteiger partial charge is 0.494 e. The Morgan fingerprint density at radius 3 is 2.58 bits per heavy atom. The first kappa shape index (κ1) is 24.1. The molecule has 1 saturated heterocycles. The maximum atomic E-state index is 14.8. The summed E-state index contributed by atoms with van der Waals surface area (Å²) >= 11 is 0. The van der Waals surface area contributed by atoms with Crippen molar-refractivity contribution in [1.82, 2.24) is 20.2 Å². The number of halogens is 1. The zero-order valence-electron chi connectivity index (χ0n) is 20.8. The molecule has 0 radical (unpaired) electrons. The summed E-state index contributed by atoms with van der Waals surface area (Å²) in [6.07, 6.45) is 5.31.